The summed E-state index contributed by atoms with van der Waals surface area (Å²) in [7, 11) is 3.41. The smallest absolute Gasteiger partial charge is 0.384 e. The van der Waals surface area contributed by atoms with Crippen LogP contribution in [0.4, 0.5) is 13.2 Å². The molecule has 108 valence electrons. The van der Waals surface area contributed by atoms with Gasteiger partial charge in [0.1, 0.15) is 0 Å². The summed E-state index contributed by atoms with van der Waals surface area (Å²) in [5, 5.41) is 3.27. The monoisotopic (exact) mass is 268 g/mol. The molecular formula is C12H23F3N2O. The van der Waals surface area contributed by atoms with Crippen molar-refractivity contribution in [3.8, 4) is 0 Å². The van der Waals surface area contributed by atoms with Crippen LogP contribution >= 0.6 is 0 Å². The van der Waals surface area contributed by atoms with E-state index in [1.807, 2.05) is 0 Å². The van der Waals surface area contributed by atoms with Crippen LogP contribution in [0, 0.1) is 5.41 Å². The summed E-state index contributed by atoms with van der Waals surface area (Å²) in [5.74, 6) is 0. The first-order valence-electron chi connectivity index (χ1n) is 6.32. The van der Waals surface area contributed by atoms with Crippen molar-refractivity contribution < 1.29 is 17.9 Å². The molecule has 0 amide bonds. The molecule has 0 aliphatic carbocycles. The molecular weight excluding hydrogens is 245 g/mol. The Labute approximate surface area is 107 Å². The molecule has 1 fully saturated rings. The van der Waals surface area contributed by atoms with E-state index in [4.69, 9.17) is 4.74 Å². The second-order valence-corrected chi connectivity index (χ2v) is 5.29. The maximum absolute atomic E-state index is 12.2. The van der Waals surface area contributed by atoms with Crippen LogP contribution in [0.2, 0.25) is 0 Å². The van der Waals surface area contributed by atoms with Gasteiger partial charge in [-0.05, 0) is 33.0 Å². The topological polar surface area (TPSA) is 24.5 Å². The summed E-state index contributed by atoms with van der Waals surface area (Å²) in [5.41, 5.74) is 0.000346. The SMILES string of the molecule is COCC1(CN(C)CCC(F)(F)F)CCNCC1. The molecule has 18 heavy (non-hydrogen) atoms. The molecule has 0 spiro atoms. The highest BCUT2D eigenvalue weighted by molar-refractivity contribution is 4.87. The maximum atomic E-state index is 12.2. The fourth-order valence-electron chi connectivity index (χ4n) is 2.58. The molecule has 0 aromatic rings. The van der Waals surface area contributed by atoms with Gasteiger partial charge in [-0.2, -0.15) is 13.2 Å². The zero-order valence-corrected chi connectivity index (χ0v) is 11.1. The molecule has 0 bridgehead atoms. The number of methoxy groups -OCH3 is 1. The zero-order chi connectivity index (χ0) is 13.6. The van der Waals surface area contributed by atoms with Gasteiger partial charge in [0.05, 0.1) is 13.0 Å². The number of alkyl halides is 3. The van der Waals surface area contributed by atoms with E-state index in [2.05, 4.69) is 5.32 Å². The number of hydrogen-bond acceptors (Lipinski definition) is 3. The maximum Gasteiger partial charge on any atom is 0.390 e. The third-order valence-electron chi connectivity index (χ3n) is 3.50. The van der Waals surface area contributed by atoms with Crippen LogP contribution < -0.4 is 5.32 Å². The molecule has 1 aliphatic heterocycles. The van der Waals surface area contributed by atoms with Crippen molar-refractivity contribution in [2.45, 2.75) is 25.4 Å². The summed E-state index contributed by atoms with van der Waals surface area (Å²) in [4.78, 5) is 1.78. The van der Waals surface area contributed by atoms with Gasteiger partial charge in [0.2, 0.25) is 0 Å². The van der Waals surface area contributed by atoms with Crippen LogP contribution in [0.3, 0.4) is 0 Å². The second-order valence-electron chi connectivity index (χ2n) is 5.29. The van der Waals surface area contributed by atoms with E-state index in [1.165, 1.54) is 0 Å². The minimum atomic E-state index is -4.07. The Balaban J connectivity index is 2.44. The van der Waals surface area contributed by atoms with Crippen LogP contribution in [-0.4, -0.2) is 58.0 Å². The van der Waals surface area contributed by atoms with Crippen molar-refractivity contribution in [2.75, 3.05) is 46.9 Å². The van der Waals surface area contributed by atoms with Gasteiger partial charge in [0.25, 0.3) is 0 Å². The number of nitrogens with zero attached hydrogens (tertiary/aromatic N) is 1. The van der Waals surface area contributed by atoms with E-state index in [9.17, 15) is 13.2 Å². The first-order chi connectivity index (χ1) is 8.37. The quantitative estimate of drug-likeness (QED) is 0.796. The van der Waals surface area contributed by atoms with Gasteiger partial charge in [-0.15, -0.1) is 0 Å². The summed E-state index contributed by atoms with van der Waals surface area (Å²) in [6.45, 7) is 3.17. The Morgan fingerprint density at radius 1 is 1.28 bits per heavy atom. The number of ether oxygens (including phenoxy) is 1. The number of halogens is 3. The van der Waals surface area contributed by atoms with E-state index in [-0.39, 0.29) is 12.0 Å². The first-order valence-corrected chi connectivity index (χ1v) is 6.32. The highest BCUT2D eigenvalue weighted by Crippen LogP contribution is 2.30. The highest BCUT2D eigenvalue weighted by Gasteiger charge is 2.34. The molecule has 0 saturated carbocycles. The third-order valence-corrected chi connectivity index (χ3v) is 3.50. The van der Waals surface area contributed by atoms with E-state index in [0.29, 0.717) is 13.2 Å². The fourth-order valence-corrected chi connectivity index (χ4v) is 2.58. The third kappa shape index (κ3) is 5.54. The Bertz CT molecular complexity index is 234. The van der Waals surface area contributed by atoms with Gasteiger partial charge in [0.15, 0.2) is 0 Å². The molecule has 6 heteroatoms. The zero-order valence-electron chi connectivity index (χ0n) is 11.1. The predicted molar refractivity (Wildman–Crippen MR) is 64.6 cm³/mol. The van der Waals surface area contributed by atoms with E-state index in [1.54, 1.807) is 19.1 Å². The second kappa shape index (κ2) is 6.73. The van der Waals surface area contributed by atoms with Crippen LogP contribution in [0.5, 0.6) is 0 Å². The van der Waals surface area contributed by atoms with Crippen molar-refractivity contribution >= 4 is 0 Å². The lowest BCUT2D eigenvalue weighted by molar-refractivity contribution is -0.138. The minimum Gasteiger partial charge on any atom is -0.384 e. The Morgan fingerprint density at radius 2 is 1.89 bits per heavy atom. The van der Waals surface area contributed by atoms with Crippen molar-refractivity contribution in [1.82, 2.24) is 10.2 Å². The van der Waals surface area contributed by atoms with Gasteiger partial charge >= 0.3 is 6.18 Å². The molecule has 1 saturated heterocycles. The Hall–Kier alpha value is -0.330. The van der Waals surface area contributed by atoms with E-state index < -0.39 is 12.6 Å². The van der Waals surface area contributed by atoms with E-state index in [0.717, 1.165) is 25.9 Å². The molecule has 3 nitrogen and oxygen atoms in total. The van der Waals surface area contributed by atoms with Gasteiger partial charge in [-0.3, -0.25) is 0 Å². The van der Waals surface area contributed by atoms with Crippen LogP contribution in [0.25, 0.3) is 0 Å². The summed E-state index contributed by atoms with van der Waals surface area (Å²) >= 11 is 0. The standard InChI is InChI=1S/C12H23F3N2O/c1-17(8-5-12(13,14)15)9-11(10-18-2)3-6-16-7-4-11/h16H,3-10H2,1-2H3. The molecule has 0 aromatic heterocycles. The summed E-state index contributed by atoms with van der Waals surface area (Å²) in [6.07, 6.45) is -2.91. The fraction of sp³-hybridized carbons (Fsp3) is 1.00. The molecule has 1 rings (SSSR count). The first kappa shape index (κ1) is 15.7. The van der Waals surface area contributed by atoms with Gasteiger partial charge in [0, 0.05) is 25.6 Å². The molecule has 0 radical (unpaired) electrons. The molecule has 1 aliphatic rings. The van der Waals surface area contributed by atoms with Crippen molar-refractivity contribution in [1.29, 1.82) is 0 Å². The summed E-state index contributed by atoms with van der Waals surface area (Å²) < 4.78 is 41.8. The molecule has 0 unspecified atom stereocenters. The number of hydrogen-bond donors (Lipinski definition) is 1. The van der Waals surface area contributed by atoms with Crippen molar-refractivity contribution in [2.24, 2.45) is 5.41 Å². The van der Waals surface area contributed by atoms with Gasteiger partial charge in [-0.25, -0.2) is 0 Å². The molecule has 0 aromatic carbocycles. The van der Waals surface area contributed by atoms with Crippen LogP contribution in [0.15, 0.2) is 0 Å². The lowest BCUT2D eigenvalue weighted by atomic mass is 9.79. The predicted octanol–water partition coefficient (Wildman–Crippen LogP) is 1.89. The molecule has 0 atom stereocenters. The largest absolute Gasteiger partial charge is 0.390 e. The summed E-state index contributed by atoms with van der Waals surface area (Å²) in [6, 6.07) is 0. The average molecular weight is 268 g/mol. The number of rotatable bonds is 6. The highest BCUT2D eigenvalue weighted by atomic mass is 19.4. The normalized spacial score (nSPS) is 20.3. The number of piperidine rings is 1. The van der Waals surface area contributed by atoms with Crippen LogP contribution in [0.1, 0.15) is 19.3 Å². The minimum absolute atomic E-state index is 0.000346. The lowest BCUT2D eigenvalue weighted by Gasteiger charge is -2.40. The molecule has 1 heterocycles. The van der Waals surface area contributed by atoms with Crippen LogP contribution in [-0.2, 0) is 4.74 Å². The number of nitrogens with one attached hydrogen (secondary N) is 1. The van der Waals surface area contributed by atoms with Crippen molar-refractivity contribution in [3.63, 3.8) is 0 Å². The van der Waals surface area contributed by atoms with E-state index >= 15 is 0 Å². The average Bonchev–Trinajstić information content (AvgIpc) is 2.27. The Kier molecular flexibility index (Phi) is 5.88. The van der Waals surface area contributed by atoms with Crippen molar-refractivity contribution in [3.05, 3.63) is 0 Å². The Morgan fingerprint density at radius 3 is 2.39 bits per heavy atom. The lowest BCUT2D eigenvalue weighted by Crippen LogP contribution is -2.46. The molecule has 1 N–H and O–H groups in total. The van der Waals surface area contributed by atoms with Gasteiger partial charge in [-0.1, -0.05) is 0 Å². The van der Waals surface area contributed by atoms with Gasteiger partial charge < -0.3 is 15.0 Å².